The van der Waals surface area contributed by atoms with Crippen molar-refractivity contribution in [1.82, 2.24) is 19.2 Å². The molecule has 2 N–H and O–H groups in total. The van der Waals surface area contributed by atoms with E-state index in [0.29, 0.717) is 55.8 Å². The predicted molar refractivity (Wildman–Crippen MR) is 188 cm³/mol. The Morgan fingerprint density at radius 1 is 1.10 bits per heavy atom. The van der Waals surface area contributed by atoms with Crippen LogP contribution in [0.2, 0.25) is 0 Å². The number of nitrogens with zero attached hydrogens (tertiary/aromatic N) is 5. The van der Waals surface area contributed by atoms with Crippen LogP contribution in [0.5, 0.6) is 5.88 Å². The van der Waals surface area contributed by atoms with Gasteiger partial charge in [0.25, 0.3) is 0 Å². The number of hydrogen-bond donors (Lipinski definition) is 2. The van der Waals surface area contributed by atoms with Crippen LogP contribution in [-0.2, 0) is 23.3 Å². The molecule has 10 heteroatoms. The van der Waals surface area contributed by atoms with E-state index < -0.39 is 16.3 Å². The summed E-state index contributed by atoms with van der Waals surface area (Å²) >= 11 is 7.87. The third-order valence-electron chi connectivity index (χ3n) is 10.5. The van der Waals surface area contributed by atoms with Gasteiger partial charge in [0, 0.05) is 62.5 Å². The standard InChI is InChI=1S/C39H40ClN5O4/c1-38(40)34(28-7-4-3-5-8-28)9-6-13-39(38,35-11-10-29(36(42-35)49-2)22-44-20-27(21-44)25-46)31-17-32-15-26(16-33(18-41)45(32)24-31)19-43-14-12-30(23-43)37(47)48/h3-11,13,15-17,24,27,30,46H,12,14,19-23,25H2,1-2H3,(H,47,48). The number of fused-ring (bicyclic) bond motifs is 1. The van der Waals surface area contributed by atoms with Crippen LogP contribution < -0.4 is 4.74 Å². The maximum atomic E-state index is 11.6. The van der Waals surface area contributed by atoms with Crippen LogP contribution in [0.25, 0.3) is 11.1 Å². The van der Waals surface area contributed by atoms with Gasteiger partial charge in [-0.2, -0.15) is 5.26 Å². The lowest BCUT2D eigenvalue weighted by molar-refractivity contribution is -0.141. The van der Waals surface area contributed by atoms with E-state index in [1.165, 1.54) is 0 Å². The number of rotatable bonds is 10. The van der Waals surface area contributed by atoms with Crippen molar-refractivity contribution < 1.29 is 19.7 Å². The Kier molecular flexibility index (Phi) is 8.84. The SMILES string of the molecule is COc1nc(C2(c3cc4cc(CN5CCC(C(=O)O)C5)cc(C#N)n4c3)C=CC=C(c3ccccc3)C2(C)Cl)ccc1CN1CC(CO)C1. The molecule has 5 heterocycles. The number of carbonyl (C=O) groups is 1. The molecule has 1 aliphatic carbocycles. The summed E-state index contributed by atoms with van der Waals surface area (Å²) in [6.07, 6.45) is 8.81. The van der Waals surface area contributed by atoms with Crippen LogP contribution in [0, 0.1) is 23.2 Å². The number of nitriles is 1. The average molecular weight is 678 g/mol. The molecule has 0 bridgehead atoms. The topological polar surface area (TPSA) is 114 Å². The van der Waals surface area contributed by atoms with Gasteiger partial charge in [-0.15, -0.1) is 11.6 Å². The molecule has 2 aliphatic heterocycles. The van der Waals surface area contributed by atoms with Crippen LogP contribution >= 0.6 is 11.6 Å². The van der Waals surface area contributed by atoms with Gasteiger partial charge < -0.3 is 19.4 Å². The van der Waals surface area contributed by atoms with Gasteiger partial charge in [-0.25, -0.2) is 4.98 Å². The van der Waals surface area contributed by atoms with E-state index >= 15 is 0 Å². The average Bonchev–Trinajstić information content (AvgIpc) is 3.74. The number of allylic oxidation sites excluding steroid dienone is 4. The van der Waals surface area contributed by atoms with Crippen LogP contribution in [0.15, 0.2) is 85.1 Å². The number of carboxylic acid groups (broad SMARTS) is 1. The molecule has 252 valence electrons. The molecule has 0 amide bonds. The van der Waals surface area contributed by atoms with Crippen molar-refractivity contribution >= 4 is 28.7 Å². The van der Waals surface area contributed by atoms with Gasteiger partial charge in [0.15, 0.2) is 0 Å². The van der Waals surface area contributed by atoms with Crippen molar-refractivity contribution in [3.05, 3.63) is 119 Å². The molecule has 7 rings (SSSR count). The second kappa shape index (κ2) is 13.1. The maximum absolute atomic E-state index is 11.6. The summed E-state index contributed by atoms with van der Waals surface area (Å²) < 4.78 is 7.80. The fourth-order valence-electron chi connectivity index (χ4n) is 7.89. The lowest BCUT2D eigenvalue weighted by Crippen LogP contribution is -2.48. The predicted octanol–water partition coefficient (Wildman–Crippen LogP) is 5.48. The summed E-state index contributed by atoms with van der Waals surface area (Å²) in [7, 11) is 1.63. The smallest absolute Gasteiger partial charge is 0.307 e. The molecule has 4 aromatic rings. The van der Waals surface area contributed by atoms with Crippen LogP contribution in [0.1, 0.15) is 47.0 Å². The largest absolute Gasteiger partial charge is 0.481 e. The quantitative estimate of drug-likeness (QED) is 0.212. The maximum Gasteiger partial charge on any atom is 0.307 e. The number of pyridine rings is 2. The number of hydrogen-bond acceptors (Lipinski definition) is 7. The highest BCUT2D eigenvalue weighted by atomic mass is 35.5. The van der Waals surface area contributed by atoms with Gasteiger partial charge in [0.1, 0.15) is 11.8 Å². The fraction of sp³-hybridized carbons (Fsp3) is 0.359. The van der Waals surface area contributed by atoms with E-state index in [1.54, 1.807) is 7.11 Å². The molecule has 0 spiro atoms. The summed E-state index contributed by atoms with van der Waals surface area (Å²) in [6, 6.07) is 22.6. The highest BCUT2D eigenvalue weighted by Gasteiger charge is 2.53. The van der Waals surface area contributed by atoms with E-state index in [-0.39, 0.29) is 12.5 Å². The first-order valence-corrected chi connectivity index (χ1v) is 17.1. The lowest BCUT2D eigenvalue weighted by Gasteiger charge is -2.46. The molecule has 3 aliphatic rings. The van der Waals surface area contributed by atoms with Crippen molar-refractivity contribution in [3.8, 4) is 11.9 Å². The summed E-state index contributed by atoms with van der Waals surface area (Å²) in [5.41, 5.74) is 5.79. The zero-order valence-corrected chi connectivity index (χ0v) is 28.5. The molecule has 2 saturated heterocycles. The highest BCUT2D eigenvalue weighted by molar-refractivity contribution is 6.32. The van der Waals surface area contributed by atoms with Gasteiger partial charge in [0.2, 0.25) is 5.88 Å². The van der Waals surface area contributed by atoms with Gasteiger partial charge >= 0.3 is 5.97 Å². The van der Waals surface area contributed by atoms with Crippen molar-refractivity contribution in [2.75, 3.05) is 39.9 Å². The molecule has 0 radical (unpaired) electrons. The fourth-order valence-corrected chi connectivity index (χ4v) is 8.33. The third-order valence-corrected chi connectivity index (χ3v) is 11.0. The minimum absolute atomic E-state index is 0.190. The summed E-state index contributed by atoms with van der Waals surface area (Å²) in [4.78, 5) is 20.1. The Balaban J connectivity index is 1.34. The summed E-state index contributed by atoms with van der Waals surface area (Å²) in [5.74, 6) is -0.312. The third kappa shape index (κ3) is 5.83. The zero-order chi connectivity index (χ0) is 34.3. The lowest BCUT2D eigenvalue weighted by atomic mass is 9.62. The number of likely N-dealkylation sites (tertiary alicyclic amines) is 2. The minimum Gasteiger partial charge on any atom is -0.481 e. The zero-order valence-electron chi connectivity index (χ0n) is 27.7. The number of carboxylic acids is 1. The van der Waals surface area contributed by atoms with Crippen molar-refractivity contribution in [2.45, 2.75) is 36.7 Å². The number of aliphatic hydroxyl groups is 1. The molecule has 3 aromatic heterocycles. The summed E-state index contributed by atoms with van der Waals surface area (Å²) in [6.45, 7) is 6.30. The van der Waals surface area contributed by atoms with Gasteiger partial charge in [-0.3, -0.25) is 14.6 Å². The Labute approximate surface area is 291 Å². The number of alkyl halides is 1. The molecule has 49 heavy (non-hydrogen) atoms. The van der Waals surface area contributed by atoms with Crippen molar-refractivity contribution in [2.24, 2.45) is 11.8 Å². The first-order valence-electron chi connectivity index (χ1n) is 16.7. The first-order chi connectivity index (χ1) is 23.7. The molecule has 1 aromatic carbocycles. The molecule has 9 nitrogen and oxygen atoms in total. The van der Waals surface area contributed by atoms with Crippen LogP contribution in [-0.4, -0.2) is 80.1 Å². The number of aliphatic carboxylic acids is 1. The summed E-state index contributed by atoms with van der Waals surface area (Å²) in [5, 5.41) is 29.3. The van der Waals surface area contributed by atoms with Crippen LogP contribution in [0.4, 0.5) is 0 Å². The molecule has 2 fully saturated rings. The number of benzene rings is 1. The number of methoxy groups -OCH3 is 1. The highest BCUT2D eigenvalue weighted by Crippen LogP contribution is 2.55. The van der Waals surface area contributed by atoms with Gasteiger partial charge in [-0.1, -0.05) is 54.6 Å². The van der Waals surface area contributed by atoms with E-state index in [9.17, 15) is 20.3 Å². The monoisotopic (exact) mass is 677 g/mol. The molecular weight excluding hydrogens is 638 g/mol. The van der Waals surface area contributed by atoms with E-state index in [1.807, 2.05) is 53.9 Å². The second-order valence-corrected chi connectivity index (χ2v) is 14.4. The Morgan fingerprint density at radius 2 is 1.90 bits per heavy atom. The van der Waals surface area contributed by atoms with Gasteiger partial charge in [-0.05, 0) is 66.4 Å². The molecule has 0 saturated carbocycles. The van der Waals surface area contributed by atoms with E-state index in [0.717, 1.165) is 46.4 Å². The molecular formula is C39H40ClN5O4. The number of aliphatic hydroxyl groups excluding tert-OH is 1. The number of halogens is 1. The normalized spacial score (nSPS) is 24.5. The van der Waals surface area contributed by atoms with Crippen LogP contribution in [0.3, 0.4) is 0 Å². The number of ether oxygens (including phenoxy) is 1. The molecule has 3 atom stereocenters. The van der Waals surface area contributed by atoms with E-state index in [2.05, 4.69) is 58.4 Å². The van der Waals surface area contributed by atoms with Gasteiger partial charge in [0.05, 0.1) is 29.0 Å². The first kappa shape index (κ1) is 33.1. The molecule has 3 unspecified atom stereocenters. The Hall–Kier alpha value is -4.46. The Bertz CT molecular complexity index is 1990. The van der Waals surface area contributed by atoms with E-state index in [4.69, 9.17) is 21.3 Å². The number of aromatic nitrogens is 2. The minimum atomic E-state index is -1.02. The Morgan fingerprint density at radius 3 is 2.59 bits per heavy atom. The van der Waals surface area contributed by atoms with Crippen molar-refractivity contribution in [1.29, 1.82) is 5.26 Å². The van der Waals surface area contributed by atoms with Crippen molar-refractivity contribution in [3.63, 3.8) is 0 Å². The second-order valence-electron chi connectivity index (χ2n) is 13.7.